The molecule has 672 valence electrons. The third-order valence-electron chi connectivity index (χ3n) is 27.9. The Labute approximate surface area is 834 Å². The molecule has 0 aliphatic rings. The standard InChI is InChI=1S/2C46H30N2.C45H29N3/c1-3-11-39(37(9-1)33-17-18-45-43-15-6-5-13-41(43)42-14-7-8-16-44(42)46(45)30-33)40-12-4-2-10-38(40)36-28-34(31-19-23-47-24-20-31)27-35(29-36)32-21-25-48-26-22-32;1-3-15-31(16-4-1)44-30-45(32-17-5-2-6-18-32)48-46(47-44)42-26-14-13-24-39(42)35-20-8-7-19-34(35)33-27-28-41-38-23-10-9-21-36(38)37-22-11-12-25-40(37)43(41)29-33;1-3-15-30(16-4-1)43-46-44(31-17-5-2-6-18-31)48-45(47-43)41-26-14-13-24-38(41)34-20-8-7-19-33(34)32-27-28-40-37-23-10-9-21-35(37)36-22-11-12-25-39(36)42(40)29-32/h2*1-30H;1-29H. The highest BCUT2D eigenvalue weighted by molar-refractivity contribution is 6.29. The molecule has 7 heteroatoms. The molecule has 23 aromatic carbocycles. The van der Waals surface area contributed by atoms with E-state index in [4.69, 9.17) is 24.9 Å². The molecule has 7 nitrogen and oxygen atoms in total. The van der Waals surface area contributed by atoms with Crippen molar-refractivity contribution in [1.82, 2.24) is 34.9 Å². The molecule has 0 unspecified atom stereocenters. The van der Waals surface area contributed by atoms with Gasteiger partial charge in [-0.05, 0) is 264 Å². The lowest BCUT2D eigenvalue weighted by Crippen LogP contribution is -2.01. The SMILES string of the molecule is c1ccc(-c2cc(-c3ccccc3)nc(-c3ccccc3-c3ccccc3-c3ccc4c5ccccc5c5ccccc5c4c3)n2)cc1.c1ccc(-c2ccccc2-c2ccc3c4ccccc4c4ccccc4c3c2)c(-c2cc(-c3ccncc3)cc(-c3ccncc3)c2)c1.c1ccc(-c2nc(-c3ccccc3)nc(-c3ccccc3-c3ccccc3-c3ccc4c5ccccc5c5ccccc5c4c3)n2)cc1. The van der Waals surface area contributed by atoms with Gasteiger partial charge < -0.3 is 0 Å². The van der Waals surface area contributed by atoms with Crippen LogP contribution in [-0.4, -0.2) is 34.9 Å². The summed E-state index contributed by atoms with van der Waals surface area (Å²) in [5.41, 5.74) is 28.6. The van der Waals surface area contributed by atoms with Crippen molar-refractivity contribution in [1.29, 1.82) is 0 Å². The van der Waals surface area contributed by atoms with Crippen LogP contribution in [-0.2, 0) is 0 Å². The molecule has 27 aromatic rings. The van der Waals surface area contributed by atoms with Crippen molar-refractivity contribution in [3.63, 3.8) is 0 Å². The highest BCUT2D eigenvalue weighted by Gasteiger charge is 2.24. The second-order valence-corrected chi connectivity index (χ2v) is 36.3. The van der Waals surface area contributed by atoms with Crippen molar-refractivity contribution in [3.05, 3.63) is 540 Å². The molecule has 0 bridgehead atoms. The fourth-order valence-electron chi connectivity index (χ4n) is 21.1. The lowest BCUT2D eigenvalue weighted by Gasteiger charge is -2.17. The van der Waals surface area contributed by atoms with E-state index >= 15 is 0 Å². The molecule has 0 amide bonds. The average molecular weight is 1830 g/mol. The van der Waals surface area contributed by atoms with Crippen molar-refractivity contribution in [2.45, 2.75) is 0 Å². The van der Waals surface area contributed by atoms with Gasteiger partial charge in [-0.3, -0.25) is 9.97 Å². The first-order valence-corrected chi connectivity index (χ1v) is 48.9. The van der Waals surface area contributed by atoms with E-state index in [9.17, 15) is 0 Å². The summed E-state index contributed by atoms with van der Waals surface area (Å²) in [6, 6.07) is 183. The molecule has 0 aliphatic heterocycles. The summed E-state index contributed by atoms with van der Waals surface area (Å²) >= 11 is 0. The average Bonchev–Trinajstić information content (AvgIpc) is 0.743. The number of rotatable bonds is 15. The van der Waals surface area contributed by atoms with Crippen LogP contribution in [0.5, 0.6) is 0 Å². The number of benzene rings is 23. The molecule has 0 radical (unpaired) electrons. The Morgan fingerprint density at radius 1 is 0.0972 bits per heavy atom. The number of pyridine rings is 2. The maximum atomic E-state index is 5.18. The van der Waals surface area contributed by atoms with E-state index in [0.29, 0.717) is 23.3 Å². The van der Waals surface area contributed by atoms with Crippen LogP contribution in [0.2, 0.25) is 0 Å². The summed E-state index contributed by atoms with van der Waals surface area (Å²) in [7, 11) is 0. The van der Waals surface area contributed by atoms with E-state index in [1.165, 1.54) is 141 Å². The van der Waals surface area contributed by atoms with Gasteiger partial charge in [-0.25, -0.2) is 24.9 Å². The van der Waals surface area contributed by atoms with E-state index < -0.39 is 0 Å². The smallest absolute Gasteiger partial charge is 0.164 e. The lowest BCUT2D eigenvalue weighted by molar-refractivity contribution is 1.07. The van der Waals surface area contributed by atoms with Gasteiger partial charge in [-0.1, -0.05) is 449 Å². The van der Waals surface area contributed by atoms with Gasteiger partial charge in [0.2, 0.25) is 0 Å². The van der Waals surface area contributed by atoms with Crippen molar-refractivity contribution < 1.29 is 0 Å². The fourth-order valence-corrected chi connectivity index (χ4v) is 21.1. The molecular weight excluding hydrogens is 1740 g/mol. The summed E-state index contributed by atoms with van der Waals surface area (Å²) in [4.78, 5) is 34.0. The predicted molar refractivity (Wildman–Crippen MR) is 603 cm³/mol. The van der Waals surface area contributed by atoms with Gasteiger partial charge in [0.15, 0.2) is 23.3 Å². The second-order valence-electron chi connectivity index (χ2n) is 36.3. The summed E-state index contributed by atoms with van der Waals surface area (Å²) < 4.78 is 0. The van der Waals surface area contributed by atoms with Crippen LogP contribution >= 0.6 is 0 Å². The second kappa shape index (κ2) is 38.3. The number of fused-ring (bicyclic) bond motifs is 18. The molecule has 0 aliphatic carbocycles. The van der Waals surface area contributed by atoms with E-state index in [1.807, 2.05) is 97.6 Å². The molecule has 0 atom stereocenters. The molecule has 4 heterocycles. The van der Waals surface area contributed by atoms with Gasteiger partial charge in [0.25, 0.3) is 0 Å². The quantitative estimate of drug-likeness (QED) is 0.0945. The first-order valence-electron chi connectivity index (χ1n) is 48.9. The first-order chi connectivity index (χ1) is 71.4. The summed E-state index contributed by atoms with van der Waals surface area (Å²) in [5, 5.41) is 23.0. The zero-order valence-corrected chi connectivity index (χ0v) is 78.5. The maximum Gasteiger partial charge on any atom is 0.164 e. The zero-order valence-electron chi connectivity index (χ0n) is 78.5. The van der Waals surface area contributed by atoms with Gasteiger partial charge in [-0.15, -0.1) is 0 Å². The Hall–Kier alpha value is -19.2. The Morgan fingerprint density at radius 2 is 0.299 bits per heavy atom. The molecular formula is C137H89N7. The Balaban J connectivity index is 0.000000113. The van der Waals surface area contributed by atoms with Crippen molar-refractivity contribution in [2.75, 3.05) is 0 Å². The lowest BCUT2D eigenvalue weighted by atomic mass is 9.86. The van der Waals surface area contributed by atoms with Gasteiger partial charge in [0.1, 0.15) is 0 Å². The van der Waals surface area contributed by atoms with Crippen LogP contribution in [0.25, 0.3) is 265 Å². The largest absolute Gasteiger partial charge is 0.265 e. The van der Waals surface area contributed by atoms with Crippen molar-refractivity contribution in [2.24, 2.45) is 0 Å². The minimum Gasteiger partial charge on any atom is -0.265 e. The predicted octanol–water partition coefficient (Wildman–Crippen LogP) is 36.2. The Bertz CT molecular complexity index is 8420. The van der Waals surface area contributed by atoms with Crippen LogP contribution in [0.15, 0.2) is 540 Å². The van der Waals surface area contributed by atoms with E-state index in [-0.39, 0.29) is 0 Å². The van der Waals surface area contributed by atoms with Gasteiger partial charge in [0, 0.05) is 58.2 Å². The molecule has 27 rings (SSSR count). The fraction of sp³-hybridized carbons (Fsp3) is 0. The van der Waals surface area contributed by atoms with E-state index in [1.54, 1.807) is 0 Å². The number of nitrogens with zero attached hydrogens (tertiary/aromatic N) is 7. The summed E-state index contributed by atoms with van der Waals surface area (Å²) in [6.45, 7) is 0. The van der Waals surface area contributed by atoms with Crippen molar-refractivity contribution in [3.8, 4) is 168 Å². The van der Waals surface area contributed by atoms with Crippen molar-refractivity contribution >= 4 is 97.0 Å². The molecule has 4 aromatic heterocycles. The maximum absolute atomic E-state index is 5.18. The van der Waals surface area contributed by atoms with Gasteiger partial charge in [-0.2, -0.15) is 0 Å². The van der Waals surface area contributed by atoms with Crippen LogP contribution in [0, 0.1) is 0 Å². The minimum absolute atomic E-state index is 0.643. The molecule has 0 saturated heterocycles. The van der Waals surface area contributed by atoms with Gasteiger partial charge in [0.05, 0.1) is 11.4 Å². The monoisotopic (exact) mass is 1830 g/mol. The number of hydrogen-bond acceptors (Lipinski definition) is 7. The normalized spacial score (nSPS) is 11.3. The van der Waals surface area contributed by atoms with Crippen LogP contribution in [0.4, 0.5) is 0 Å². The van der Waals surface area contributed by atoms with Crippen LogP contribution in [0.3, 0.4) is 0 Å². The van der Waals surface area contributed by atoms with Crippen LogP contribution in [0.1, 0.15) is 0 Å². The zero-order chi connectivity index (χ0) is 95.6. The third kappa shape index (κ3) is 16.5. The molecule has 0 saturated carbocycles. The minimum atomic E-state index is 0.643. The third-order valence-corrected chi connectivity index (χ3v) is 27.9. The van der Waals surface area contributed by atoms with Crippen LogP contribution < -0.4 is 0 Å². The Morgan fingerprint density at radius 3 is 0.583 bits per heavy atom. The summed E-state index contributed by atoms with van der Waals surface area (Å²) in [5.74, 6) is 2.65. The topological polar surface area (TPSA) is 90.2 Å². The molecule has 0 spiro atoms. The Kier molecular flexibility index (Phi) is 23.0. The molecule has 0 fully saturated rings. The molecule has 0 N–H and O–H groups in total. The highest BCUT2D eigenvalue weighted by atomic mass is 15.0. The number of hydrogen-bond donors (Lipinski definition) is 0. The highest BCUT2D eigenvalue weighted by Crippen LogP contribution is 2.49. The van der Waals surface area contributed by atoms with Gasteiger partial charge >= 0.3 is 0 Å². The first kappa shape index (κ1) is 86.4. The molecule has 144 heavy (non-hydrogen) atoms. The van der Waals surface area contributed by atoms with E-state index in [2.05, 4.69) is 453 Å². The number of aromatic nitrogens is 7. The summed E-state index contributed by atoms with van der Waals surface area (Å²) in [6.07, 6.45) is 7.42. The van der Waals surface area contributed by atoms with E-state index in [0.717, 1.165) is 100 Å².